The zero-order chi connectivity index (χ0) is 14.2. The highest BCUT2D eigenvalue weighted by molar-refractivity contribution is 5.79. The lowest BCUT2D eigenvalue weighted by atomic mass is 9.60. The molecule has 0 heterocycles. The summed E-state index contributed by atoms with van der Waals surface area (Å²) in [4.78, 5) is 0. The monoisotopic (exact) mass is 283 g/mol. The van der Waals surface area contributed by atoms with E-state index in [9.17, 15) is 5.21 Å². The van der Waals surface area contributed by atoms with Crippen molar-refractivity contribution in [2.24, 2.45) is 22.9 Å². The normalized spacial score (nSPS) is 30.9. The van der Waals surface area contributed by atoms with Crippen LogP contribution >= 0.6 is 0 Å². The molecule has 4 aliphatic rings. The summed E-state index contributed by atoms with van der Waals surface area (Å²) in [7, 11) is 0. The molecule has 2 saturated carbocycles. The topological polar surface area (TPSA) is 41.8 Å². The van der Waals surface area contributed by atoms with Crippen LogP contribution < -0.4 is 0 Å². The zero-order valence-corrected chi connectivity index (χ0v) is 12.2. The molecule has 2 fully saturated rings. The molecule has 0 saturated heterocycles. The third-order valence-electron chi connectivity index (χ3n) is 5.23. The maximum Gasteiger partial charge on any atom is 0.234 e. The summed E-state index contributed by atoms with van der Waals surface area (Å²) in [6, 6.07) is 10.0. The first-order valence-corrected chi connectivity index (χ1v) is 7.96. The molecule has 4 bridgehead atoms. The number of benzene rings is 1. The third kappa shape index (κ3) is 2.45. The Hall–Kier alpha value is -1.77. The zero-order valence-electron chi connectivity index (χ0n) is 12.2. The van der Waals surface area contributed by atoms with Gasteiger partial charge in [0.2, 0.25) is 5.90 Å². The van der Waals surface area contributed by atoms with Gasteiger partial charge in [0, 0.05) is 5.92 Å². The lowest BCUT2D eigenvalue weighted by Crippen LogP contribution is -2.36. The predicted molar refractivity (Wildman–Crippen MR) is 81.0 cm³/mol. The van der Waals surface area contributed by atoms with Gasteiger partial charge in [-0.15, -0.1) is 0 Å². The minimum Gasteiger partial charge on any atom is -0.444 e. The minimum atomic E-state index is 0.427. The van der Waals surface area contributed by atoms with E-state index < -0.39 is 0 Å². The van der Waals surface area contributed by atoms with Gasteiger partial charge in [-0.05, 0) is 55.1 Å². The smallest absolute Gasteiger partial charge is 0.234 e. The van der Waals surface area contributed by atoms with Crippen molar-refractivity contribution in [2.45, 2.75) is 38.5 Å². The first kappa shape index (κ1) is 12.9. The third-order valence-corrected chi connectivity index (χ3v) is 5.23. The lowest BCUT2D eigenvalue weighted by Gasteiger charge is -2.46. The Kier molecular flexibility index (Phi) is 3.21. The Balaban J connectivity index is 1.52. The van der Waals surface area contributed by atoms with Crippen LogP contribution in [0.3, 0.4) is 0 Å². The molecule has 0 spiro atoms. The summed E-state index contributed by atoms with van der Waals surface area (Å²) in [6.45, 7) is 0. The highest BCUT2D eigenvalue weighted by atomic mass is 16.5. The van der Waals surface area contributed by atoms with E-state index in [1.54, 1.807) is 0 Å². The largest absolute Gasteiger partial charge is 0.444 e. The van der Waals surface area contributed by atoms with Gasteiger partial charge in [0.25, 0.3) is 0 Å². The molecule has 2 atom stereocenters. The average Bonchev–Trinajstić information content (AvgIpc) is 2.50. The average molecular weight is 283 g/mol. The van der Waals surface area contributed by atoms with Crippen LogP contribution in [-0.2, 0) is 11.2 Å². The molecule has 0 amide bonds. The van der Waals surface area contributed by atoms with Crippen LogP contribution in [-0.4, -0.2) is 11.1 Å². The van der Waals surface area contributed by atoms with Crippen LogP contribution in [0, 0.1) is 17.8 Å². The van der Waals surface area contributed by atoms with Crippen molar-refractivity contribution in [1.29, 1.82) is 0 Å². The molecular weight excluding hydrogens is 262 g/mol. The fourth-order valence-electron chi connectivity index (χ4n) is 4.53. The SMILES string of the molecule is ON=C(Cc1ccccc1)OC1=C2CC3CC(C2)CC1C3. The van der Waals surface area contributed by atoms with Gasteiger partial charge in [0.1, 0.15) is 5.76 Å². The Morgan fingerprint density at radius 1 is 1.10 bits per heavy atom. The van der Waals surface area contributed by atoms with Gasteiger partial charge in [-0.3, -0.25) is 0 Å². The van der Waals surface area contributed by atoms with Crippen molar-refractivity contribution >= 4 is 5.90 Å². The van der Waals surface area contributed by atoms with Gasteiger partial charge < -0.3 is 9.94 Å². The Labute approximate surface area is 125 Å². The molecule has 21 heavy (non-hydrogen) atoms. The fraction of sp³-hybridized carbons (Fsp3) is 0.500. The Morgan fingerprint density at radius 3 is 2.43 bits per heavy atom. The van der Waals surface area contributed by atoms with Crippen LogP contribution in [0.1, 0.15) is 37.7 Å². The van der Waals surface area contributed by atoms with Crippen molar-refractivity contribution in [3.8, 4) is 0 Å². The molecule has 2 unspecified atom stereocenters. The van der Waals surface area contributed by atoms with Crippen molar-refractivity contribution < 1.29 is 9.94 Å². The van der Waals surface area contributed by atoms with Crippen molar-refractivity contribution in [2.75, 3.05) is 0 Å². The minimum absolute atomic E-state index is 0.427. The molecule has 0 radical (unpaired) electrons. The van der Waals surface area contributed by atoms with E-state index in [1.165, 1.54) is 37.7 Å². The molecule has 0 aliphatic heterocycles. The van der Waals surface area contributed by atoms with Gasteiger partial charge in [-0.1, -0.05) is 35.5 Å². The van der Waals surface area contributed by atoms with Gasteiger partial charge >= 0.3 is 0 Å². The van der Waals surface area contributed by atoms with Crippen LogP contribution in [0.25, 0.3) is 0 Å². The van der Waals surface area contributed by atoms with Crippen molar-refractivity contribution in [1.82, 2.24) is 0 Å². The van der Waals surface area contributed by atoms with E-state index in [2.05, 4.69) is 5.16 Å². The van der Waals surface area contributed by atoms with E-state index in [1.807, 2.05) is 30.3 Å². The number of hydrogen-bond donors (Lipinski definition) is 1. The van der Waals surface area contributed by atoms with Crippen molar-refractivity contribution in [3.05, 3.63) is 47.2 Å². The van der Waals surface area contributed by atoms with E-state index in [0.717, 1.165) is 23.2 Å². The molecule has 1 aromatic carbocycles. The summed E-state index contributed by atoms with van der Waals surface area (Å²) >= 11 is 0. The number of hydrogen-bond acceptors (Lipinski definition) is 3. The van der Waals surface area contributed by atoms with Crippen molar-refractivity contribution in [3.63, 3.8) is 0 Å². The molecule has 5 rings (SSSR count). The van der Waals surface area contributed by atoms with E-state index in [0.29, 0.717) is 18.2 Å². The lowest BCUT2D eigenvalue weighted by molar-refractivity contribution is 0.113. The predicted octanol–water partition coefficient (Wildman–Crippen LogP) is 4.13. The number of nitrogens with zero attached hydrogens (tertiary/aromatic N) is 1. The van der Waals surface area contributed by atoms with Gasteiger partial charge in [0.05, 0.1) is 6.42 Å². The summed E-state index contributed by atoms with van der Waals surface area (Å²) in [5, 5.41) is 12.7. The van der Waals surface area contributed by atoms with Gasteiger partial charge in [-0.2, -0.15) is 0 Å². The molecule has 3 nitrogen and oxygen atoms in total. The molecule has 1 N–H and O–H groups in total. The summed E-state index contributed by atoms with van der Waals surface area (Å²) in [6.07, 6.45) is 6.89. The second-order valence-corrected chi connectivity index (χ2v) is 6.77. The maximum absolute atomic E-state index is 9.28. The fourth-order valence-corrected chi connectivity index (χ4v) is 4.53. The highest BCUT2D eigenvalue weighted by Crippen LogP contribution is 2.53. The van der Waals surface area contributed by atoms with Gasteiger partial charge in [0.15, 0.2) is 0 Å². The number of ether oxygens (including phenoxy) is 1. The van der Waals surface area contributed by atoms with E-state index in [-0.39, 0.29) is 0 Å². The standard InChI is InChI=1S/C18H21NO2/c20-19-17(11-12-4-2-1-3-5-12)21-18-15-7-13-6-14(9-15)10-16(18)8-13/h1-5,13-15,20H,6-11H2. The summed E-state index contributed by atoms with van der Waals surface area (Å²) in [5.41, 5.74) is 2.60. The second kappa shape index (κ2) is 5.21. The van der Waals surface area contributed by atoms with Crippen LogP contribution in [0.4, 0.5) is 0 Å². The Bertz CT molecular complexity index is 574. The van der Waals surface area contributed by atoms with Crippen LogP contribution in [0.15, 0.2) is 46.8 Å². The second-order valence-electron chi connectivity index (χ2n) is 6.77. The number of oxime groups is 1. The molecular formula is C18H21NO2. The van der Waals surface area contributed by atoms with E-state index >= 15 is 0 Å². The molecule has 110 valence electrons. The summed E-state index contributed by atoms with van der Waals surface area (Å²) in [5.74, 6) is 3.89. The number of allylic oxidation sites excluding steroid dienone is 2. The molecule has 1 aromatic rings. The first-order chi connectivity index (χ1) is 10.3. The van der Waals surface area contributed by atoms with Crippen LogP contribution in [0.2, 0.25) is 0 Å². The maximum atomic E-state index is 9.28. The molecule has 3 heteroatoms. The summed E-state index contributed by atoms with van der Waals surface area (Å²) < 4.78 is 6.06. The molecule has 0 aromatic heterocycles. The van der Waals surface area contributed by atoms with E-state index in [4.69, 9.17) is 4.74 Å². The van der Waals surface area contributed by atoms with Gasteiger partial charge in [-0.25, -0.2) is 0 Å². The number of rotatable bonds is 3. The quantitative estimate of drug-likeness (QED) is 0.392. The molecule has 4 aliphatic carbocycles. The Morgan fingerprint density at radius 2 is 1.81 bits per heavy atom. The van der Waals surface area contributed by atoms with Crippen LogP contribution in [0.5, 0.6) is 0 Å². The highest BCUT2D eigenvalue weighted by Gasteiger charge is 2.43. The first-order valence-electron chi connectivity index (χ1n) is 7.96.